The Balaban J connectivity index is 2.29. The molecule has 0 saturated heterocycles. The quantitative estimate of drug-likeness (QED) is 0.400. The predicted molar refractivity (Wildman–Crippen MR) is 96.5 cm³/mol. The third-order valence-corrected chi connectivity index (χ3v) is 6.70. The Morgan fingerprint density at radius 1 is 0.524 bits per heavy atom. The number of benzene rings is 3. The van der Waals surface area contributed by atoms with Gasteiger partial charge in [0.15, 0.2) is 0 Å². The first-order chi connectivity index (χ1) is 10.4. The molecule has 0 bridgehead atoms. The van der Waals surface area contributed by atoms with Gasteiger partial charge in [0, 0.05) is 0 Å². The summed E-state index contributed by atoms with van der Waals surface area (Å²) in [4.78, 5) is 0. The topological polar surface area (TPSA) is 0 Å². The molecule has 1 unspecified atom stereocenters. The van der Waals surface area contributed by atoms with E-state index in [9.17, 15) is 0 Å². The van der Waals surface area contributed by atoms with E-state index in [4.69, 9.17) is 0 Å². The lowest BCUT2D eigenvalue weighted by Gasteiger charge is -2.34. The molecule has 0 aromatic heterocycles. The minimum atomic E-state index is -0.135. The second kappa shape index (κ2) is 6.56. The highest BCUT2D eigenvalue weighted by Gasteiger charge is 2.35. The van der Waals surface area contributed by atoms with Gasteiger partial charge in [-0.1, -0.05) is 106 Å². The van der Waals surface area contributed by atoms with E-state index in [1.54, 1.807) is 0 Å². The lowest BCUT2D eigenvalue weighted by atomic mass is 9.84. The molecule has 0 radical (unpaired) electrons. The Morgan fingerprint density at radius 2 is 0.810 bits per heavy atom. The number of rotatable bonds is 4. The van der Waals surface area contributed by atoms with Crippen LogP contribution in [0.1, 0.15) is 16.7 Å². The van der Waals surface area contributed by atoms with Crippen molar-refractivity contribution < 1.29 is 0 Å². The highest BCUT2D eigenvalue weighted by molar-refractivity contribution is 9.36. The average Bonchev–Trinajstić information content (AvgIpc) is 2.59. The van der Waals surface area contributed by atoms with E-state index in [1.165, 1.54) is 16.7 Å². The van der Waals surface area contributed by atoms with E-state index in [0.29, 0.717) is 7.28 Å². The van der Waals surface area contributed by atoms with Crippen molar-refractivity contribution in [3.63, 3.8) is 0 Å². The molecule has 3 aromatic carbocycles. The molecule has 0 aliphatic carbocycles. The molecule has 3 aromatic rings. The van der Waals surface area contributed by atoms with Crippen LogP contribution in [0, 0.1) is 0 Å². The Kier molecular flexibility index (Phi) is 4.53. The fourth-order valence-corrected chi connectivity index (χ4v) is 5.62. The van der Waals surface area contributed by atoms with Crippen LogP contribution in [0.4, 0.5) is 0 Å². The predicted octanol–water partition coefficient (Wildman–Crippen LogP) is 5.97. The molecule has 0 N–H and O–H groups in total. The average molecular weight is 355 g/mol. The van der Waals surface area contributed by atoms with Crippen LogP contribution in [-0.4, -0.2) is 0 Å². The van der Waals surface area contributed by atoms with Crippen LogP contribution < -0.4 is 0 Å². The monoisotopic (exact) mass is 354 g/mol. The van der Waals surface area contributed by atoms with Crippen molar-refractivity contribution in [2.45, 2.75) is 5.16 Å². The van der Waals surface area contributed by atoms with Gasteiger partial charge in [-0.05, 0) is 24.0 Å². The smallest absolute Gasteiger partial charge is 0.0625 e. The molecule has 3 rings (SSSR count). The van der Waals surface area contributed by atoms with Crippen molar-refractivity contribution >= 4 is 22.8 Å². The van der Waals surface area contributed by atoms with E-state index < -0.39 is 0 Å². The van der Waals surface area contributed by atoms with Gasteiger partial charge < -0.3 is 0 Å². The zero-order valence-electron chi connectivity index (χ0n) is 11.5. The van der Waals surface area contributed by atoms with E-state index >= 15 is 0 Å². The molecule has 21 heavy (non-hydrogen) atoms. The molecule has 0 amide bonds. The number of halogens is 1. The summed E-state index contributed by atoms with van der Waals surface area (Å²) in [6.45, 7) is 0. The van der Waals surface area contributed by atoms with Crippen LogP contribution in [0.5, 0.6) is 0 Å². The van der Waals surface area contributed by atoms with Gasteiger partial charge in [0.25, 0.3) is 0 Å². The van der Waals surface area contributed by atoms with Crippen LogP contribution in [0.25, 0.3) is 0 Å². The van der Waals surface area contributed by atoms with Crippen LogP contribution in [-0.2, 0) is 5.16 Å². The molecule has 0 aliphatic heterocycles. The first-order valence-corrected chi connectivity index (χ1v) is 10.2. The molecule has 1 atom stereocenters. The first kappa shape index (κ1) is 14.5. The summed E-state index contributed by atoms with van der Waals surface area (Å²) < 4.78 is 0. The Bertz CT molecular complexity index is 584. The van der Waals surface area contributed by atoms with Gasteiger partial charge in [-0.25, -0.2) is 0 Å². The Morgan fingerprint density at radius 3 is 1.05 bits per heavy atom. The van der Waals surface area contributed by atoms with Crippen molar-refractivity contribution in [3.8, 4) is 0 Å². The van der Waals surface area contributed by atoms with Crippen molar-refractivity contribution in [1.82, 2.24) is 0 Å². The van der Waals surface area contributed by atoms with Crippen LogP contribution >= 0.6 is 22.8 Å². The normalized spacial score (nSPS) is 11.9. The zero-order chi connectivity index (χ0) is 14.5. The third kappa shape index (κ3) is 2.69. The van der Waals surface area contributed by atoms with Crippen molar-refractivity contribution in [1.29, 1.82) is 0 Å². The number of hydrogen-bond acceptors (Lipinski definition) is 0. The van der Waals surface area contributed by atoms with E-state index in [2.05, 4.69) is 106 Å². The van der Waals surface area contributed by atoms with Gasteiger partial charge in [-0.3, -0.25) is 0 Å². The maximum atomic E-state index is 3.81. The minimum Gasteiger partial charge on any atom is -0.0625 e. The second-order valence-electron chi connectivity index (χ2n) is 4.94. The summed E-state index contributed by atoms with van der Waals surface area (Å²) in [5, 5.41) is -0.135. The van der Waals surface area contributed by atoms with Gasteiger partial charge in [0.1, 0.15) is 0 Å². The minimum absolute atomic E-state index is 0.135. The third-order valence-electron chi connectivity index (χ3n) is 3.76. The molecular formula is C19H16BrP. The molecular weight excluding hydrogens is 339 g/mol. The largest absolute Gasteiger partial charge is 0.0722 e. The Labute approximate surface area is 135 Å². The molecule has 0 fully saturated rings. The molecule has 0 heterocycles. The summed E-state index contributed by atoms with van der Waals surface area (Å²) in [5.41, 5.74) is 3.95. The lowest BCUT2D eigenvalue weighted by molar-refractivity contribution is 0.895. The van der Waals surface area contributed by atoms with E-state index in [-0.39, 0.29) is 5.16 Å². The summed E-state index contributed by atoms with van der Waals surface area (Å²) in [6, 6.07) is 32.2. The number of hydrogen-bond donors (Lipinski definition) is 0. The summed E-state index contributed by atoms with van der Waals surface area (Å²) in [6.07, 6.45) is 0. The highest BCUT2D eigenvalue weighted by atomic mass is 79.9. The fourth-order valence-electron chi connectivity index (χ4n) is 2.73. The molecule has 0 saturated carbocycles. The summed E-state index contributed by atoms with van der Waals surface area (Å²) >= 11 is 3.81. The lowest BCUT2D eigenvalue weighted by Crippen LogP contribution is -2.22. The molecule has 2 heteroatoms. The molecule has 104 valence electrons. The SMILES string of the molecule is BrPC(c1ccccc1)(c1ccccc1)c1ccccc1. The fraction of sp³-hybridized carbons (Fsp3) is 0.0526. The summed E-state index contributed by atoms with van der Waals surface area (Å²) in [7, 11) is 0.564. The maximum absolute atomic E-state index is 3.81. The molecule has 0 nitrogen and oxygen atoms in total. The van der Waals surface area contributed by atoms with Crippen LogP contribution in [0.3, 0.4) is 0 Å². The van der Waals surface area contributed by atoms with Gasteiger partial charge in [0.2, 0.25) is 0 Å². The second-order valence-corrected chi connectivity index (χ2v) is 7.07. The van der Waals surface area contributed by atoms with Crippen LogP contribution in [0.15, 0.2) is 91.0 Å². The van der Waals surface area contributed by atoms with Crippen molar-refractivity contribution in [2.75, 3.05) is 0 Å². The summed E-state index contributed by atoms with van der Waals surface area (Å²) in [5.74, 6) is 0. The van der Waals surface area contributed by atoms with Crippen molar-refractivity contribution in [2.24, 2.45) is 0 Å². The van der Waals surface area contributed by atoms with Crippen LogP contribution in [0.2, 0.25) is 0 Å². The first-order valence-electron chi connectivity index (χ1n) is 6.92. The molecule has 0 spiro atoms. The maximum Gasteiger partial charge on any atom is 0.0722 e. The standard InChI is InChI=1S/C19H16BrP/c20-21-19(16-10-4-1-5-11-16,17-12-6-2-7-13-17)18-14-8-3-9-15-18/h1-15,21H. The Hall–Kier alpha value is -1.43. The van der Waals surface area contributed by atoms with Gasteiger partial charge >= 0.3 is 0 Å². The van der Waals surface area contributed by atoms with Gasteiger partial charge in [0.05, 0.1) is 5.16 Å². The van der Waals surface area contributed by atoms with Gasteiger partial charge in [-0.15, -0.1) is 0 Å². The van der Waals surface area contributed by atoms with E-state index in [1.807, 2.05) is 0 Å². The highest BCUT2D eigenvalue weighted by Crippen LogP contribution is 2.55. The van der Waals surface area contributed by atoms with Crippen molar-refractivity contribution in [3.05, 3.63) is 108 Å². The molecule has 0 aliphatic rings. The van der Waals surface area contributed by atoms with E-state index in [0.717, 1.165) is 0 Å². The zero-order valence-corrected chi connectivity index (χ0v) is 14.1. The van der Waals surface area contributed by atoms with Gasteiger partial charge in [-0.2, -0.15) is 0 Å².